The number of carboxylic acid groups (broad SMARTS) is 1. The van der Waals surface area contributed by atoms with Crippen molar-refractivity contribution in [3.05, 3.63) is 23.8 Å². The lowest BCUT2D eigenvalue weighted by atomic mass is 10.1. The number of aliphatic carboxylic acids is 1. The van der Waals surface area contributed by atoms with Crippen LogP contribution in [-0.2, 0) is 4.79 Å². The van der Waals surface area contributed by atoms with Gasteiger partial charge in [-0.25, -0.2) is 0 Å². The third-order valence-corrected chi connectivity index (χ3v) is 3.43. The van der Waals surface area contributed by atoms with E-state index in [9.17, 15) is 10.1 Å². The maximum Gasteiger partial charge on any atom is 0.305 e. The summed E-state index contributed by atoms with van der Waals surface area (Å²) < 4.78 is 0. The van der Waals surface area contributed by atoms with Crippen LogP contribution in [0.5, 0.6) is 0 Å². The van der Waals surface area contributed by atoms with Gasteiger partial charge in [0.2, 0.25) is 0 Å². The Kier molecular flexibility index (Phi) is 5.53. The van der Waals surface area contributed by atoms with Gasteiger partial charge >= 0.3 is 5.97 Å². The number of thioether (sulfide) groups is 1. The highest BCUT2D eigenvalue weighted by Crippen LogP contribution is 2.29. The van der Waals surface area contributed by atoms with Crippen LogP contribution in [0.15, 0.2) is 23.1 Å². The quantitative estimate of drug-likeness (QED) is 0.800. The number of carboxylic acids is 1. The van der Waals surface area contributed by atoms with Gasteiger partial charge in [-0.1, -0.05) is 6.07 Å². The zero-order valence-electron chi connectivity index (χ0n) is 10.5. The molecular weight excluding hydrogens is 248 g/mol. The van der Waals surface area contributed by atoms with Crippen LogP contribution in [0.2, 0.25) is 0 Å². The third kappa shape index (κ3) is 3.41. The number of nitriles is 1. The second kappa shape index (κ2) is 6.92. The SMILES string of the molecule is CCN(CCC(=O)O)c1cccc(SC)c1C#N. The molecule has 0 unspecified atom stereocenters. The highest BCUT2D eigenvalue weighted by atomic mass is 32.2. The molecule has 1 rings (SSSR count). The molecule has 0 saturated carbocycles. The fourth-order valence-electron chi connectivity index (χ4n) is 1.75. The summed E-state index contributed by atoms with van der Waals surface area (Å²) in [4.78, 5) is 13.5. The summed E-state index contributed by atoms with van der Waals surface area (Å²) >= 11 is 1.52. The Bertz CT molecular complexity index is 469. The first-order chi connectivity index (χ1) is 8.63. The molecule has 0 fully saturated rings. The molecular formula is C13H16N2O2S. The smallest absolute Gasteiger partial charge is 0.305 e. The summed E-state index contributed by atoms with van der Waals surface area (Å²) in [5.74, 6) is -0.826. The third-order valence-electron chi connectivity index (χ3n) is 2.65. The number of nitrogens with zero attached hydrogens (tertiary/aromatic N) is 2. The van der Waals surface area contributed by atoms with E-state index in [1.54, 1.807) is 0 Å². The summed E-state index contributed by atoms with van der Waals surface area (Å²) in [7, 11) is 0. The highest BCUT2D eigenvalue weighted by molar-refractivity contribution is 7.98. The van der Waals surface area contributed by atoms with E-state index in [1.807, 2.05) is 36.3 Å². The fourth-order valence-corrected chi connectivity index (χ4v) is 2.31. The van der Waals surface area contributed by atoms with Gasteiger partial charge in [0.05, 0.1) is 17.7 Å². The number of rotatable bonds is 6. The van der Waals surface area contributed by atoms with E-state index in [0.717, 1.165) is 10.6 Å². The van der Waals surface area contributed by atoms with E-state index in [1.165, 1.54) is 11.8 Å². The molecule has 0 aromatic heterocycles. The summed E-state index contributed by atoms with van der Waals surface area (Å²) in [5.41, 5.74) is 1.44. The second-order valence-corrected chi connectivity index (χ2v) is 4.54. The van der Waals surface area contributed by atoms with Crippen molar-refractivity contribution in [1.29, 1.82) is 5.26 Å². The first-order valence-electron chi connectivity index (χ1n) is 5.67. The van der Waals surface area contributed by atoms with Gasteiger partial charge < -0.3 is 10.0 Å². The van der Waals surface area contributed by atoms with Crippen molar-refractivity contribution in [3.63, 3.8) is 0 Å². The minimum Gasteiger partial charge on any atom is -0.481 e. The fraction of sp³-hybridized carbons (Fsp3) is 0.385. The number of anilines is 1. The molecule has 1 aromatic carbocycles. The van der Waals surface area contributed by atoms with Crippen LogP contribution in [0.25, 0.3) is 0 Å². The van der Waals surface area contributed by atoms with Gasteiger partial charge in [0.25, 0.3) is 0 Å². The van der Waals surface area contributed by atoms with Gasteiger partial charge in [-0.15, -0.1) is 11.8 Å². The van der Waals surface area contributed by atoms with E-state index < -0.39 is 5.97 Å². The van der Waals surface area contributed by atoms with Gasteiger partial charge in [-0.2, -0.15) is 5.26 Å². The molecule has 0 spiro atoms. The molecule has 0 aliphatic carbocycles. The Labute approximate surface area is 111 Å². The molecule has 0 amide bonds. The maximum absolute atomic E-state index is 10.6. The van der Waals surface area contributed by atoms with Crippen LogP contribution in [0.1, 0.15) is 18.9 Å². The maximum atomic E-state index is 10.6. The largest absolute Gasteiger partial charge is 0.481 e. The lowest BCUT2D eigenvalue weighted by Crippen LogP contribution is -2.26. The Balaban J connectivity index is 3.05. The monoisotopic (exact) mass is 264 g/mol. The molecule has 0 aliphatic rings. The number of carbonyl (C=O) groups is 1. The van der Waals surface area contributed by atoms with Gasteiger partial charge in [-0.05, 0) is 25.3 Å². The van der Waals surface area contributed by atoms with Crippen molar-refractivity contribution >= 4 is 23.4 Å². The molecule has 5 heteroatoms. The Morgan fingerprint density at radius 2 is 2.28 bits per heavy atom. The van der Waals surface area contributed by atoms with E-state index in [4.69, 9.17) is 5.11 Å². The second-order valence-electron chi connectivity index (χ2n) is 3.69. The normalized spacial score (nSPS) is 9.83. The highest BCUT2D eigenvalue weighted by Gasteiger charge is 2.13. The lowest BCUT2D eigenvalue weighted by Gasteiger charge is -2.24. The van der Waals surface area contributed by atoms with Crippen LogP contribution < -0.4 is 4.90 Å². The molecule has 4 nitrogen and oxygen atoms in total. The predicted molar refractivity (Wildman–Crippen MR) is 73.1 cm³/mol. The van der Waals surface area contributed by atoms with Crippen LogP contribution in [0.3, 0.4) is 0 Å². The van der Waals surface area contributed by atoms with E-state index in [2.05, 4.69) is 6.07 Å². The van der Waals surface area contributed by atoms with Gasteiger partial charge in [0, 0.05) is 18.0 Å². The standard InChI is InChI=1S/C13H16N2O2S/c1-3-15(8-7-13(16)17)11-5-4-6-12(18-2)10(11)9-14/h4-6H,3,7-8H2,1-2H3,(H,16,17). The van der Waals surface area contributed by atoms with Crippen molar-refractivity contribution in [1.82, 2.24) is 0 Å². The molecule has 18 heavy (non-hydrogen) atoms. The molecule has 0 bridgehead atoms. The molecule has 0 aliphatic heterocycles. The average molecular weight is 264 g/mol. The minimum absolute atomic E-state index is 0.0716. The lowest BCUT2D eigenvalue weighted by molar-refractivity contribution is -0.136. The number of hydrogen-bond acceptors (Lipinski definition) is 4. The molecule has 1 N–H and O–H groups in total. The average Bonchev–Trinajstić information content (AvgIpc) is 2.38. The first-order valence-corrected chi connectivity index (χ1v) is 6.90. The number of hydrogen-bond donors (Lipinski definition) is 1. The van der Waals surface area contributed by atoms with Crippen molar-refractivity contribution in [2.75, 3.05) is 24.2 Å². The summed E-state index contributed by atoms with van der Waals surface area (Å²) in [6, 6.07) is 7.87. The molecule has 0 saturated heterocycles. The van der Waals surface area contributed by atoms with Crippen LogP contribution in [-0.4, -0.2) is 30.4 Å². The minimum atomic E-state index is -0.826. The zero-order valence-corrected chi connectivity index (χ0v) is 11.3. The van der Waals surface area contributed by atoms with Crippen molar-refractivity contribution in [3.8, 4) is 6.07 Å². The summed E-state index contributed by atoms with van der Waals surface area (Å²) in [6.07, 6.45) is 2.00. The Hall–Kier alpha value is -1.67. The number of benzene rings is 1. The molecule has 1 aromatic rings. The van der Waals surface area contributed by atoms with Gasteiger partial charge in [0.1, 0.15) is 6.07 Å². The van der Waals surface area contributed by atoms with Crippen molar-refractivity contribution < 1.29 is 9.90 Å². The van der Waals surface area contributed by atoms with Crippen molar-refractivity contribution in [2.24, 2.45) is 0 Å². The van der Waals surface area contributed by atoms with Crippen LogP contribution >= 0.6 is 11.8 Å². The summed E-state index contributed by atoms with van der Waals surface area (Å²) in [5, 5.41) is 18.0. The topological polar surface area (TPSA) is 64.3 Å². The molecule has 96 valence electrons. The van der Waals surface area contributed by atoms with Crippen LogP contribution in [0.4, 0.5) is 5.69 Å². The molecule has 0 heterocycles. The van der Waals surface area contributed by atoms with E-state index in [-0.39, 0.29) is 6.42 Å². The molecule has 0 radical (unpaired) electrons. The predicted octanol–water partition coefficient (Wildman–Crippen LogP) is 2.58. The van der Waals surface area contributed by atoms with E-state index >= 15 is 0 Å². The van der Waals surface area contributed by atoms with Crippen LogP contribution in [0, 0.1) is 11.3 Å². The van der Waals surface area contributed by atoms with Crippen molar-refractivity contribution in [2.45, 2.75) is 18.2 Å². The summed E-state index contributed by atoms with van der Waals surface area (Å²) in [6.45, 7) is 3.05. The van der Waals surface area contributed by atoms with E-state index in [0.29, 0.717) is 18.7 Å². The first kappa shape index (κ1) is 14.4. The van der Waals surface area contributed by atoms with Gasteiger partial charge in [0.15, 0.2) is 0 Å². The zero-order chi connectivity index (χ0) is 13.5. The van der Waals surface area contributed by atoms with Gasteiger partial charge in [-0.3, -0.25) is 4.79 Å². The molecule has 0 atom stereocenters. The Morgan fingerprint density at radius 3 is 2.78 bits per heavy atom. The Morgan fingerprint density at radius 1 is 1.56 bits per heavy atom.